The molecule has 0 bridgehead atoms. The highest BCUT2D eigenvalue weighted by Crippen LogP contribution is 2.08. The number of carboxylic acids is 4. The third-order valence-electron chi connectivity index (χ3n) is 6.89. The molecule has 0 fully saturated rings. The van der Waals surface area contributed by atoms with Crippen molar-refractivity contribution in [3.8, 4) is 0 Å². The van der Waals surface area contributed by atoms with Gasteiger partial charge in [-0.3, -0.25) is 52.7 Å². The predicted molar refractivity (Wildman–Crippen MR) is 185 cm³/mol. The van der Waals surface area contributed by atoms with Gasteiger partial charge in [0.25, 0.3) is 0 Å². The maximum atomic E-state index is 13.3. The van der Waals surface area contributed by atoms with Gasteiger partial charge in [-0.2, -0.15) is 12.6 Å². The number of hydrogen-bond donors (Lipinski definition) is 14. The summed E-state index contributed by atoms with van der Waals surface area (Å²) in [6.07, 6.45) is -3.37. The molecule has 308 valence electrons. The summed E-state index contributed by atoms with van der Waals surface area (Å²) < 4.78 is 0. The molecule has 0 aromatic carbocycles. The maximum absolute atomic E-state index is 13.3. The van der Waals surface area contributed by atoms with Crippen molar-refractivity contribution < 1.29 is 78.0 Å². The van der Waals surface area contributed by atoms with Gasteiger partial charge in [-0.15, -0.1) is 0 Å². The highest BCUT2D eigenvalue weighted by atomic mass is 32.1. The molecule has 25 nitrogen and oxygen atoms in total. The lowest BCUT2D eigenvalue weighted by Gasteiger charge is -2.27. The number of carbonyl (C=O) groups is 12. The van der Waals surface area contributed by atoms with Gasteiger partial charge in [0.2, 0.25) is 47.3 Å². The van der Waals surface area contributed by atoms with E-state index < -0.39 is 159 Å². The van der Waals surface area contributed by atoms with Gasteiger partial charge >= 0.3 is 23.9 Å². The van der Waals surface area contributed by atoms with E-state index in [4.69, 9.17) is 10.8 Å². The highest BCUT2D eigenvalue weighted by molar-refractivity contribution is 7.80. The first-order valence-corrected chi connectivity index (χ1v) is 16.7. The molecule has 0 aliphatic heterocycles. The molecule has 0 saturated heterocycles. The Morgan fingerprint density at radius 1 is 0.527 bits per heavy atom. The summed E-state index contributed by atoms with van der Waals surface area (Å²) in [5.41, 5.74) is 5.12. The Balaban J connectivity index is 5.83. The van der Waals surface area contributed by atoms with Crippen molar-refractivity contribution in [2.24, 2.45) is 11.7 Å². The molecule has 0 unspecified atom stereocenters. The second-order valence-corrected chi connectivity index (χ2v) is 12.1. The zero-order valence-electron chi connectivity index (χ0n) is 29.5. The van der Waals surface area contributed by atoms with Crippen LogP contribution < -0.4 is 48.3 Å². The summed E-state index contributed by atoms with van der Waals surface area (Å²) in [6.45, 7) is 0.128. The Morgan fingerprint density at radius 3 is 1.44 bits per heavy atom. The van der Waals surface area contributed by atoms with E-state index in [0.29, 0.717) is 0 Å². The Kier molecular flexibility index (Phi) is 22.3. The minimum atomic E-state index is -1.84. The first kappa shape index (κ1) is 49.0. The van der Waals surface area contributed by atoms with Crippen LogP contribution in [0.15, 0.2) is 0 Å². The summed E-state index contributed by atoms with van der Waals surface area (Å²) in [7, 11) is 0. The Bertz CT molecular complexity index is 1480. The average molecular weight is 808 g/mol. The molecular formula is C29H45N9O16S. The maximum Gasteiger partial charge on any atom is 0.327 e. The van der Waals surface area contributed by atoms with E-state index in [1.54, 1.807) is 0 Å². The molecule has 0 aromatic rings. The molecule has 0 radical (unpaired) electrons. The zero-order valence-corrected chi connectivity index (χ0v) is 30.4. The van der Waals surface area contributed by atoms with Gasteiger partial charge in [0.15, 0.2) is 0 Å². The molecule has 5 atom stereocenters. The van der Waals surface area contributed by atoms with Crippen LogP contribution in [0.25, 0.3) is 0 Å². The van der Waals surface area contributed by atoms with Crippen LogP contribution in [0.3, 0.4) is 0 Å². The highest BCUT2D eigenvalue weighted by Gasteiger charge is 2.34. The molecule has 0 aliphatic rings. The second kappa shape index (κ2) is 25.1. The van der Waals surface area contributed by atoms with Gasteiger partial charge in [-0.25, -0.2) is 4.79 Å². The van der Waals surface area contributed by atoms with Crippen LogP contribution in [0.1, 0.15) is 39.5 Å². The number of aliphatic carboxylic acids is 4. The lowest BCUT2D eigenvalue weighted by molar-refractivity contribution is -0.142. The van der Waals surface area contributed by atoms with Crippen molar-refractivity contribution in [3.05, 3.63) is 0 Å². The van der Waals surface area contributed by atoms with Gasteiger partial charge < -0.3 is 68.7 Å². The number of nitrogens with two attached hydrogens (primary N) is 1. The molecular weight excluding hydrogens is 762 g/mol. The van der Waals surface area contributed by atoms with Crippen LogP contribution in [-0.4, -0.2) is 154 Å². The van der Waals surface area contributed by atoms with Gasteiger partial charge in [-0.1, -0.05) is 13.8 Å². The number of rotatable bonds is 26. The molecule has 0 saturated carbocycles. The Morgan fingerprint density at radius 2 is 0.982 bits per heavy atom. The van der Waals surface area contributed by atoms with Crippen LogP contribution >= 0.6 is 12.6 Å². The van der Waals surface area contributed by atoms with Crippen LogP contribution in [0.2, 0.25) is 0 Å². The summed E-state index contributed by atoms with van der Waals surface area (Å²) in [5, 5.41) is 53.6. The van der Waals surface area contributed by atoms with E-state index in [2.05, 4.69) is 55.2 Å². The van der Waals surface area contributed by atoms with Crippen molar-refractivity contribution in [3.63, 3.8) is 0 Å². The smallest absolute Gasteiger partial charge is 0.327 e. The molecule has 0 aromatic heterocycles. The minimum absolute atomic E-state index is 0.249. The van der Waals surface area contributed by atoms with Gasteiger partial charge in [0.05, 0.1) is 39.0 Å². The third kappa shape index (κ3) is 20.7. The van der Waals surface area contributed by atoms with Crippen molar-refractivity contribution in [2.45, 2.75) is 69.7 Å². The zero-order chi connectivity index (χ0) is 42.4. The fraction of sp³-hybridized carbons (Fsp3) is 0.586. The number of thiol groups is 1. The van der Waals surface area contributed by atoms with Crippen molar-refractivity contribution in [1.29, 1.82) is 0 Å². The number of hydrogen-bond acceptors (Lipinski definition) is 14. The number of nitrogens with one attached hydrogen (secondary N) is 8. The average Bonchev–Trinajstić information content (AvgIpc) is 3.09. The van der Waals surface area contributed by atoms with Crippen molar-refractivity contribution >= 4 is 83.8 Å². The summed E-state index contributed by atoms with van der Waals surface area (Å²) >= 11 is 3.78. The molecule has 8 amide bonds. The van der Waals surface area contributed by atoms with E-state index in [1.165, 1.54) is 13.8 Å². The Hall–Kier alpha value is -6.05. The lowest BCUT2D eigenvalue weighted by Crippen LogP contribution is -2.60. The first-order valence-electron chi connectivity index (χ1n) is 16.1. The van der Waals surface area contributed by atoms with Crippen LogP contribution in [0, 0.1) is 5.92 Å². The van der Waals surface area contributed by atoms with Gasteiger partial charge in [0.1, 0.15) is 30.2 Å². The van der Waals surface area contributed by atoms with E-state index >= 15 is 0 Å². The van der Waals surface area contributed by atoms with E-state index in [9.17, 15) is 72.9 Å². The SMILES string of the molecule is CC(C)[C@H](NC(=O)[C@H](CCC(=O)O)NC(=O)[C@H](CC(=O)O)NC(=O)CNC(=O)CN)C(=O)N[C@@H](CC(=O)O)C(=O)NCC(=O)NCC(=O)N[C@@H](CS)C(=O)O. The van der Waals surface area contributed by atoms with Crippen LogP contribution in [0.4, 0.5) is 0 Å². The predicted octanol–water partition coefficient (Wildman–Crippen LogP) is -6.80. The monoisotopic (exact) mass is 807 g/mol. The number of carbonyl (C=O) groups excluding carboxylic acids is 8. The third-order valence-corrected chi connectivity index (χ3v) is 7.25. The summed E-state index contributed by atoms with van der Waals surface area (Å²) in [5.74, 6) is -15.4. The largest absolute Gasteiger partial charge is 0.481 e. The molecule has 0 aliphatic carbocycles. The van der Waals surface area contributed by atoms with E-state index in [0.717, 1.165) is 0 Å². The molecule has 26 heteroatoms. The summed E-state index contributed by atoms with van der Waals surface area (Å²) in [4.78, 5) is 145. The molecule has 0 spiro atoms. The summed E-state index contributed by atoms with van der Waals surface area (Å²) in [6, 6.07) is -8.35. The van der Waals surface area contributed by atoms with E-state index in [-0.39, 0.29) is 5.75 Å². The van der Waals surface area contributed by atoms with Crippen molar-refractivity contribution in [1.82, 2.24) is 42.5 Å². The molecule has 0 heterocycles. The first-order chi connectivity index (χ1) is 25.6. The minimum Gasteiger partial charge on any atom is -0.481 e. The second-order valence-electron chi connectivity index (χ2n) is 11.7. The number of amides is 8. The van der Waals surface area contributed by atoms with Gasteiger partial charge in [-0.05, 0) is 12.3 Å². The molecule has 55 heavy (non-hydrogen) atoms. The van der Waals surface area contributed by atoms with Crippen LogP contribution in [-0.2, 0) is 57.5 Å². The van der Waals surface area contributed by atoms with Crippen LogP contribution in [0.5, 0.6) is 0 Å². The normalized spacial score (nSPS) is 13.3. The van der Waals surface area contributed by atoms with Crippen molar-refractivity contribution in [2.75, 3.05) is 31.9 Å². The molecule has 14 N–H and O–H groups in total. The standard InChI is InChI=1S/C29H45N9O16S/c1-12(2)24(28(52)37-14(5-22(45)46)25(49)33-8-18(40)32-10-20(42)35-16(11-55)29(53)54)38-26(50)13(3-4-21(43)44)36-27(51)15(6-23(47)48)34-19(41)9-31-17(39)7-30/h12-16,24,55H,3-11,30H2,1-2H3,(H,31,39)(H,32,40)(H,33,49)(H,34,41)(H,35,42)(H,36,51)(H,37,52)(H,38,50)(H,43,44)(H,45,46)(H,47,48)(H,53,54)/t13-,14-,15-,16-,24-/m0/s1. The fourth-order valence-corrected chi connectivity index (χ4v) is 4.33. The molecule has 0 rings (SSSR count). The quantitative estimate of drug-likeness (QED) is 0.0361. The fourth-order valence-electron chi connectivity index (χ4n) is 4.09. The Labute approximate surface area is 317 Å². The van der Waals surface area contributed by atoms with Gasteiger partial charge in [0, 0.05) is 12.2 Å². The van der Waals surface area contributed by atoms with E-state index in [1.807, 2.05) is 0 Å². The lowest BCUT2D eigenvalue weighted by atomic mass is 10.0. The number of carboxylic acid groups (broad SMARTS) is 4. The topological polar surface area (TPSA) is 408 Å².